The van der Waals surface area contributed by atoms with Crippen LogP contribution < -0.4 is 10.1 Å². The number of azide groups is 1. The number of aliphatic carboxylic acids is 1. The highest BCUT2D eigenvalue weighted by Gasteiger charge is 2.30. The van der Waals surface area contributed by atoms with E-state index in [0.29, 0.717) is 13.2 Å². The highest BCUT2D eigenvalue weighted by molar-refractivity contribution is 5.81. The van der Waals surface area contributed by atoms with Gasteiger partial charge in [-0.2, -0.15) is 0 Å². The lowest BCUT2D eigenvalue weighted by atomic mass is 9.96. The van der Waals surface area contributed by atoms with Gasteiger partial charge in [0.2, 0.25) is 0 Å². The molecule has 0 saturated carbocycles. The lowest BCUT2D eigenvalue weighted by Crippen LogP contribution is -2.42. The van der Waals surface area contributed by atoms with Crippen molar-refractivity contribution in [3.63, 3.8) is 0 Å². The fraction of sp³-hybridized carbons (Fsp3) is 0.278. The number of ether oxygens (including phenoxy) is 2. The van der Waals surface area contributed by atoms with Crippen molar-refractivity contribution in [2.24, 2.45) is 5.11 Å². The van der Waals surface area contributed by atoms with E-state index in [2.05, 4.69) is 34.4 Å². The molecule has 1 atom stereocenters. The summed E-state index contributed by atoms with van der Waals surface area (Å²) in [6, 6.07) is 28.7. The van der Waals surface area contributed by atoms with E-state index in [1.165, 1.54) is 0 Å². The van der Waals surface area contributed by atoms with Crippen molar-refractivity contribution in [3.8, 4) is 28.0 Å². The Morgan fingerprint density at radius 3 is 2.27 bits per heavy atom. The summed E-state index contributed by atoms with van der Waals surface area (Å²) in [5.41, 5.74) is 16.8. The number of hydrogen-bond acceptors (Lipinski definition) is 5. The summed E-state index contributed by atoms with van der Waals surface area (Å²) in [5.74, 6) is -0.447. The third-order valence-corrected chi connectivity index (χ3v) is 8.08. The molecular weight excluding hydrogens is 568 g/mol. The predicted octanol–water partition coefficient (Wildman–Crippen LogP) is 7.92. The maximum atomic E-state index is 12.8. The zero-order valence-electron chi connectivity index (χ0n) is 25.2. The summed E-state index contributed by atoms with van der Waals surface area (Å²) in [4.78, 5) is 27.6. The number of carboxylic acids is 1. The fourth-order valence-electron chi connectivity index (χ4n) is 5.79. The molecule has 0 unspecified atom stereocenters. The van der Waals surface area contributed by atoms with Crippen molar-refractivity contribution in [2.75, 3.05) is 19.8 Å². The van der Waals surface area contributed by atoms with Gasteiger partial charge in [-0.25, -0.2) is 9.59 Å². The topological polar surface area (TPSA) is 134 Å². The van der Waals surface area contributed by atoms with E-state index < -0.39 is 18.1 Å². The van der Waals surface area contributed by atoms with Crippen LogP contribution in [-0.2, 0) is 22.4 Å². The molecule has 0 fully saturated rings. The number of unbranched alkanes of at least 4 members (excludes halogenated alkanes) is 1. The van der Waals surface area contributed by atoms with Gasteiger partial charge in [0, 0.05) is 23.8 Å². The monoisotopic (exact) mass is 604 g/mol. The number of carbonyl (C=O) groups excluding carboxylic acids is 1. The van der Waals surface area contributed by atoms with Gasteiger partial charge in [-0.05, 0) is 81.4 Å². The smallest absolute Gasteiger partial charge is 0.407 e. The van der Waals surface area contributed by atoms with Crippen molar-refractivity contribution in [2.45, 2.75) is 44.6 Å². The summed E-state index contributed by atoms with van der Waals surface area (Å²) in [7, 11) is 0. The molecule has 0 saturated heterocycles. The quantitative estimate of drug-likeness (QED) is 0.0653. The van der Waals surface area contributed by atoms with E-state index in [0.717, 1.165) is 69.5 Å². The van der Waals surface area contributed by atoms with Gasteiger partial charge in [0.15, 0.2) is 0 Å². The second-order valence-electron chi connectivity index (χ2n) is 10.9. The molecule has 1 aliphatic rings. The average molecular weight is 605 g/mol. The van der Waals surface area contributed by atoms with E-state index in [1.54, 1.807) is 0 Å². The Morgan fingerprint density at radius 1 is 0.933 bits per heavy atom. The predicted molar refractivity (Wildman–Crippen MR) is 173 cm³/mol. The maximum absolute atomic E-state index is 12.8. The van der Waals surface area contributed by atoms with Crippen LogP contribution in [0, 0.1) is 0 Å². The normalized spacial score (nSPS) is 12.4. The van der Waals surface area contributed by atoms with Crippen LogP contribution in [0.15, 0.2) is 96.1 Å². The lowest BCUT2D eigenvalue weighted by molar-refractivity contribution is -0.139. The minimum Gasteiger partial charge on any atom is -0.494 e. The first-order chi connectivity index (χ1) is 22.0. The summed E-state index contributed by atoms with van der Waals surface area (Å²) >= 11 is 0. The average Bonchev–Trinajstić information content (AvgIpc) is 3.39. The molecule has 45 heavy (non-hydrogen) atoms. The van der Waals surface area contributed by atoms with Crippen molar-refractivity contribution in [3.05, 3.63) is 124 Å². The first-order valence-electron chi connectivity index (χ1n) is 15.2. The number of aryl methyl sites for hydroxylation is 1. The van der Waals surface area contributed by atoms with Gasteiger partial charge in [0.1, 0.15) is 18.4 Å². The van der Waals surface area contributed by atoms with Gasteiger partial charge in [0.05, 0.1) is 6.61 Å². The van der Waals surface area contributed by atoms with E-state index in [4.69, 9.17) is 15.0 Å². The molecule has 4 aromatic rings. The Kier molecular flexibility index (Phi) is 10.4. The fourth-order valence-corrected chi connectivity index (χ4v) is 5.79. The van der Waals surface area contributed by atoms with E-state index >= 15 is 0 Å². The number of nitrogens with one attached hydrogen (secondary N) is 1. The number of fused-ring (bicyclic) bond motifs is 3. The van der Waals surface area contributed by atoms with Gasteiger partial charge < -0.3 is 19.9 Å². The van der Waals surface area contributed by atoms with Gasteiger partial charge >= 0.3 is 12.1 Å². The van der Waals surface area contributed by atoms with Crippen LogP contribution in [-0.4, -0.2) is 43.0 Å². The van der Waals surface area contributed by atoms with E-state index in [1.807, 2.05) is 78.9 Å². The molecule has 1 aliphatic carbocycles. The lowest BCUT2D eigenvalue weighted by Gasteiger charge is -2.18. The van der Waals surface area contributed by atoms with Crippen molar-refractivity contribution < 1.29 is 24.2 Å². The summed E-state index contributed by atoms with van der Waals surface area (Å²) in [5, 5.41) is 15.9. The van der Waals surface area contributed by atoms with Crippen LogP contribution in [0.5, 0.6) is 5.75 Å². The van der Waals surface area contributed by atoms with Crippen molar-refractivity contribution in [1.29, 1.82) is 0 Å². The number of carbonyl (C=O) groups is 2. The number of carboxylic acid groups (broad SMARTS) is 1. The van der Waals surface area contributed by atoms with E-state index in [9.17, 15) is 14.7 Å². The van der Waals surface area contributed by atoms with Gasteiger partial charge in [-0.3, -0.25) is 0 Å². The molecule has 1 amide bonds. The second-order valence-corrected chi connectivity index (χ2v) is 10.9. The molecular formula is C36H36N4O5. The summed E-state index contributed by atoms with van der Waals surface area (Å²) in [6.07, 6.45) is 1.76. The molecule has 9 heteroatoms. The molecule has 0 aromatic heterocycles. The molecule has 2 N–H and O–H groups in total. The molecule has 0 heterocycles. The molecule has 0 aliphatic heterocycles. The molecule has 5 rings (SSSR count). The minimum atomic E-state index is -1.14. The maximum Gasteiger partial charge on any atom is 0.407 e. The van der Waals surface area contributed by atoms with Crippen LogP contribution in [0.25, 0.3) is 32.7 Å². The van der Waals surface area contributed by atoms with Crippen LogP contribution >= 0.6 is 0 Å². The zero-order chi connectivity index (χ0) is 31.6. The Labute approximate surface area is 262 Å². The zero-order valence-corrected chi connectivity index (χ0v) is 25.2. The van der Waals surface area contributed by atoms with Crippen LogP contribution in [0.4, 0.5) is 4.79 Å². The van der Waals surface area contributed by atoms with Crippen molar-refractivity contribution in [1.82, 2.24) is 5.32 Å². The molecule has 0 radical (unpaired) electrons. The number of hydrogen-bond donors (Lipinski definition) is 2. The Balaban J connectivity index is 1.18. The third-order valence-electron chi connectivity index (χ3n) is 8.08. The van der Waals surface area contributed by atoms with Crippen molar-refractivity contribution >= 4 is 12.1 Å². The largest absolute Gasteiger partial charge is 0.494 e. The van der Waals surface area contributed by atoms with Crippen LogP contribution in [0.3, 0.4) is 0 Å². The van der Waals surface area contributed by atoms with Crippen LogP contribution in [0.2, 0.25) is 0 Å². The number of alkyl carbamates (subject to hydrolysis) is 1. The number of nitrogens with zero attached hydrogens (tertiary/aromatic N) is 3. The molecule has 230 valence electrons. The molecule has 4 aromatic carbocycles. The highest BCUT2D eigenvalue weighted by atomic mass is 16.5. The molecule has 9 nitrogen and oxygen atoms in total. The highest BCUT2D eigenvalue weighted by Crippen LogP contribution is 2.44. The number of benzene rings is 4. The van der Waals surface area contributed by atoms with Gasteiger partial charge in [0.25, 0.3) is 0 Å². The SMILES string of the molecule is CCc1cc(OCCCCN=[N+]=[N-])ccc1-c1ccc(C[C@@H](NC(=O)OCC2c3ccccc3-c3ccccc32)C(=O)O)cc1. The Morgan fingerprint density at radius 2 is 1.62 bits per heavy atom. The van der Waals surface area contributed by atoms with Gasteiger partial charge in [-0.15, -0.1) is 0 Å². The first-order valence-corrected chi connectivity index (χ1v) is 15.2. The van der Waals surface area contributed by atoms with Gasteiger partial charge in [-0.1, -0.05) is 90.9 Å². The minimum absolute atomic E-state index is 0.108. The second kappa shape index (κ2) is 14.9. The Bertz CT molecular complexity index is 1650. The summed E-state index contributed by atoms with van der Waals surface area (Å²) < 4.78 is 11.5. The molecule has 0 spiro atoms. The van der Waals surface area contributed by atoms with Crippen LogP contribution in [0.1, 0.15) is 47.9 Å². The first kappa shape index (κ1) is 31.2. The Hall–Kier alpha value is -5.27. The number of rotatable bonds is 14. The number of amides is 1. The standard InChI is InChI=1S/C36H36N4O5/c1-2-25-22-27(44-20-8-7-19-38-40-37)17-18-28(25)26-15-13-24(14-16-26)21-34(35(41)42)39-36(43)45-23-33-31-11-5-3-9-29(31)30-10-4-6-12-32(30)33/h3-6,9-18,22,33-34H,2,7-8,19-21,23H2,1H3,(H,39,43)(H,41,42)/t34-/m1/s1. The molecule has 0 bridgehead atoms. The van der Waals surface area contributed by atoms with E-state index in [-0.39, 0.29) is 18.9 Å². The summed E-state index contributed by atoms with van der Waals surface area (Å²) in [6.45, 7) is 3.21. The third kappa shape index (κ3) is 7.63.